The lowest BCUT2D eigenvalue weighted by atomic mass is 10.1. The van der Waals surface area contributed by atoms with Crippen molar-refractivity contribution in [3.63, 3.8) is 0 Å². The van der Waals surface area contributed by atoms with Gasteiger partial charge in [0.25, 0.3) is 0 Å². The van der Waals surface area contributed by atoms with E-state index in [0.29, 0.717) is 0 Å². The quantitative estimate of drug-likeness (QED) is 0.452. The maximum atomic E-state index is 2.38. The van der Waals surface area contributed by atoms with Crippen molar-refractivity contribution in [3.8, 4) is 0 Å². The number of rotatable bonds is 4. The first kappa shape index (κ1) is 15.5. The summed E-state index contributed by atoms with van der Waals surface area (Å²) in [6.45, 7) is 3.18. The molecule has 0 N–H and O–H groups in total. The number of benzene rings is 3. The van der Waals surface area contributed by atoms with Crippen LogP contribution >= 0.6 is 0 Å². The smallest absolute Gasteiger partial charge is 0.0491 e. The highest BCUT2D eigenvalue weighted by molar-refractivity contribution is 6.08. The Kier molecular flexibility index (Phi) is 4.02. The van der Waals surface area contributed by atoms with Crippen molar-refractivity contribution in [1.82, 2.24) is 4.57 Å². The van der Waals surface area contributed by atoms with Crippen LogP contribution in [0.1, 0.15) is 12.5 Å². The third kappa shape index (κ3) is 2.80. The molecule has 0 saturated carbocycles. The Morgan fingerprint density at radius 2 is 1.56 bits per heavy atom. The summed E-state index contributed by atoms with van der Waals surface area (Å²) >= 11 is 0. The minimum Gasteiger partial charge on any atom is -0.351 e. The standard InChI is InChI=1S/C23H22N2/c1-3-25-22-12-8-7-11-20(22)21-17-18(13-14-23(21)25)15-16-24(2)19-9-5-4-6-10-19/h4-17H,3H2,1-2H3. The zero-order chi connectivity index (χ0) is 17.2. The minimum absolute atomic E-state index is 0.982. The monoisotopic (exact) mass is 326 g/mol. The van der Waals surface area contributed by atoms with Gasteiger partial charge in [0.15, 0.2) is 0 Å². The predicted molar refractivity (Wildman–Crippen MR) is 109 cm³/mol. The van der Waals surface area contributed by atoms with Crippen molar-refractivity contribution in [1.29, 1.82) is 0 Å². The van der Waals surface area contributed by atoms with E-state index in [2.05, 4.69) is 102 Å². The highest BCUT2D eigenvalue weighted by atomic mass is 15.1. The van der Waals surface area contributed by atoms with Crippen LogP contribution in [0.2, 0.25) is 0 Å². The van der Waals surface area contributed by atoms with Crippen LogP contribution in [0.15, 0.2) is 79.0 Å². The Morgan fingerprint density at radius 1 is 0.840 bits per heavy atom. The summed E-state index contributed by atoms with van der Waals surface area (Å²) in [5.41, 5.74) is 5.01. The van der Waals surface area contributed by atoms with Crippen molar-refractivity contribution >= 4 is 33.6 Å². The normalized spacial score (nSPS) is 11.6. The summed E-state index contributed by atoms with van der Waals surface area (Å²) < 4.78 is 2.38. The van der Waals surface area contributed by atoms with E-state index >= 15 is 0 Å². The average Bonchev–Trinajstić information content (AvgIpc) is 3.00. The van der Waals surface area contributed by atoms with Gasteiger partial charge in [0.2, 0.25) is 0 Å². The SMILES string of the molecule is CCn1c2ccccc2c2cc(C=CN(C)c3ccccc3)ccc21. The minimum atomic E-state index is 0.982. The van der Waals surface area contributed by atoms with Crippen LogP contribution in [0.25, 0.3) is 27.9 Å². The van der Waals surface area contributed by atoms with Gasteiger partial charge >= 0.3 is 0 Å². The molecule has 0 aliphatic rings. The average molecular weight is 326 g/mol. The Morgan fingerprint density at radius 3 is 2.36 bits per heavy atom. The second-order valence-corrected chi connectivity index (χ2v) is 6.30. The molecule has 4 aromatic rings. The molecule has 0 aliphatic heterocycles. The number of aryl methyl sites for hydroxylation is 1. The Hall–Kier alpha value is -3.00. The summed E-state index contributed by atoms with van der Waals surface area (Å²) in [4.78, 5) is 2.14. The molecule has 25 heavy (non-hydrogen) atoms. The molecule has 0 fully saturated rings. The first-order chi connectivity index (χ1) is 12.3. The number of anilines is 1. The second kappa shape index (κ2) is 6.48. The van der Waals surface area contributed by atoms with Crippen molar-refractivity contribution in [2.75, 3.05) is 11.9 Å². The van der Waals surface area contributed by atoms with Gasteiger partial charge in [-0.3, -0.25) is 0 Å². The molecule has 0 amide bonds. The highest BCUT2D eigenvalue weighted by Crippen LogP contribution is 2.30. The third-order valence-electron chi connectivity index (χ3n) is 4.77. The Labute approximate surface area is 148 Å². The van der Waals surface area contributed by atoms with Gasteiger partial charge < -0.3 is 9.47 Å². The van der Waals surface area contributed by atoms with Crippen LogP contribution in [0.3, 0.4) is 0 Å². The molecule has 0 unspecified atom stereocenters. The maximum absolute atomic E-state index is 2.38. The Balaban J connectivity index is 1.74. The molecule has 0 aliphatic carbocycles. The molecule has 2 nitrogen and oxygen atoms in total. The molecule has 0 atom stereocenters. The second-order valence-electron chi connectivity index (χ2n) is 6.30. The van der Waals surface area contributed by atoms with Crippen LogP contribution in [-0.2, 0) is 6.54 Å². The van der Waals surface area contributed by atoms with E-state index in [1.54, 1.807) is 0 Å². The molecule has 0 radical (unpaired) electrons. The fraction of sp³-hybridized carbons (Fsp3) is 0.130. The number of fused-ring (bicyclic) bond motifs is 3. The number of aromatic nitrogens is 1. The summed E-state index contributed by atoms with van der Waals surface area (Å²) in [6.07, 6.45) is 4.29. The van der Waals surface area contributed by atoms with Crippen LogP contribution in [0.4, 0.5) is 5.69 Å². The van der Waals surface area contributed by atoms with E-state index < -0.39 is 0 Å². The fourth-order valence-corrected chi connectivity index (χ4v) is 3.46. The van der Waals surface area contributed by atoms with Crippen LogP contribution in [0, 0.1) is 0 Å². The summed E-state index contributed by atoms with van der Waals surface area (Å²) in [6, 6.07) is 25.8. The van der Waals surface area contributed by atoms with Gasteiger partial charge in [-0.1, -0.05) is 42.5 Å². The van der Waals surface area contributed by atoms with Gasteiger partial charge in [0.05, 0.1) is 0 Å². The maximum Gasteiger partial charge on any atom is 0.0491 e. The van der Waals surface area contributed by atoms with Crippen molar-refractivity contribution in [3.05, 3.63) is 84.6 Å². The van der Waals surface area contributed by atoms with E-state index in [1.807, 2.05) is 6.07 Å². The number of nitrogens with zero attached hydrogens (tertiary/aromatic N) is 2. The first-order valence-electron chi connectivity index (χ1n) is 8.75. The summed E-state index contributed by atoms with van der Waals surface area (Å²) in [5.74, 6) is 0. The third-order valence-corrected chi connectivity index (χ3v) is 4.77. The topological polar surface area (TPSA) is 8.17 Å². The lowest BCUT2D eigenvalue weighted by Gasteiger charge is -2.13. The molecule has 3 aromatic carbocycles. The molecule has 1 heterocycles. The summed E-state index contributed by atoms with van der Waals surface area (Å²) in [7, 11) is 2.08. The van der Waals surface area contributed by atoms with Crippen molar-refractivity contribution in [2.24, 2.45) is 0 Å². The highest BCUT2D eigenvalue weighted by Gasteiger charge is 2.08. The molecule has 124 valence electrons. The van der Waals surface area contributed by atoms with Gasteiger partial charge in [0.1, 0.15) is 0 Å². The van der Waals surface area contributed by atoms with Crippen molar-refractivity contribution in [2.45, 2.75) is 13.5 Å². The van der Waals surface area contributed by atoms with E-state index in [1.165, 1.54) is 33.1 Å². The van der Waals surface area contributed by atoms with Crippen LogP contribution in [0.5, 0.6) is 0 Å². The van der Waals surface area contributed by atoms with E-state index in [0.717, 1.165) is 6.54 Å². The summed E-state index contributed by atoms with van der Waals surface area (Å²) in [5, 5.41) is 2.65. The number of para-hydroxylation sites is 2. The molecule has 1 aromatic heterocycles. The molecule has 2 heteroatoms. The van der Waals surface area contributed by atoms with Gasteiger partial charge in [0, 0.05) is 47.3 Å². The van der Waals surface area contributed by atoms with Crippen LogP contribution in [-0.4, -0.2) is 11.6 Å². The molecule has 0 bridgehead atoms. The zero-order valence-corrected chi connectivity index (χ0v) is 14.7. The predicted octanol–water partition coefficient (Wildman–Crippen LogP) is 5.92. The number of hydrogen-bond donors (Lipinski definition) is 0. The van der Waals surface area contributed by atoms with Gasteiger partial charge in [-0.2, -0.15) is 0 Å². The van der Waals surface area contributed by atoms with Crippen molar-refractivity contribution < 1.29 is 0 Å². The molecular weight excluding hydrogens is 304 g/mol. The largest absolute Gasteiger partial charge is 0.351 e. The first-order valence-corrected chi connectivity index (χ1v) is 8.75. The van der Waals surface area contributed by atoms with Gasteiger partial charge in [-0.25, -0.2) is 0 Å². The molecular formula is C23H22N2. The number of hydrogen-bond acceptors (Lipinski definition) is 1. The molecule has 0 saturated heterocycles. The van der Waals surface area contributed by atoms with E-state index in [9.17, 15) is 0 Å². The van der Waals surface area contributed by atoms with Crippen LogP contribution < -0.4 is 4.90 Å². The lowest BCUT2D eigenvalue weighted by Crippen LogP contribution is -2.06. The molecule has 0 spiro atoms. The van der Waals surface area contributed by atoms with Gasteiger partial charge in [-0.05, 0) is 48.9 Å². The zero-order valence-electron chi connectivity index (χ0n) is 14.7. The lowest BCUT2D eigenvalue weighted by molar-refractivity contribution is 0.827. The van der Waals surface area contributed by atoms with Gasteiger partial charge in [-0.15, -0.1) is 0 Å². The molecule has 4 rings (SSSR count). The Bertz CT molecular complexity index is 1040. The van der Waals surface area contributed by atoms with E-state index in [-0.39, 0.29) is 0 Å². The van der Waals surface area contributed by atoms with E-state index in [4.69, 9.17) is 0 Å². The fourth-order valence-electron chi connectivity index (χ4n) is 3.46.